The second kappa shape index (κ2) is 3.46. The van der Waals surface area contributed by atoms with E-state index in [1.165, 1.54) is 12.8 Å². The zero-order valence-corrected chi connectivity index (χ0v) is 7.86. The Kier molecular flexibility index (Phi) is 2.31. The molecule has 0 aliphatic heterocycles. The minimum Gasteiger partial charge on any atom is -0.339 e. The highest BCUT2D eigenvalue weighted by Gasteiger charge is 2.29. The summed E-state index contributed by atoms with van der Waals surface area (Å²) in [7, 11) is 0. The number of hydrogen-bond acceptors (Lipinski definition) is 4. The van der Waals surface area contributed by atoms with Crippen LogP contribution in [-0.2, 0) is 0 Å². The molecule has 1 aromatic rings. The quantitative estimate of drug-likeness (QED) is 0.762. The van der Waals surface area contributed by atoms with E-state index < -0.39 is 0 Å². The molecule has 1 aliphatic rings. The molecule has 4 nitrogen and oxygen atoms in total. The van der Waals surface area contributed by atoms with Gasteiger partial charge in [0.25, 0.3) is 0 Å². The van der Waals surface area contributed by atoms with Crippen molar-refractivity contribution in [2.45, 2.75) is 38.0 Å². The lowest BCUT2D eigenvalue weighted by Gasteiger charge is -2.01. The molecule has 0 bridgehead atoms. The lowest BCUT2D eigenvalue weighted by atomic mass is 10.1. The largest absolute Gasteiger partial charge is 0.339 e. The van der Waals surface area contributed by atoms with Gasteiger partial charge >= 0.3 is 0 Å². The van der Waals surface area contributed by atoms with Crippen molar-refractivity contribution in [2.24, 2.45) is 5.73 Å². The number of aromatic nitrogens is 2. The van der Waals surface area contributed by atoms with Crippen LogP contribution in [0.4, 0.5) is 0 Å². The maximum absolute atomic E-state index is 5.46. The Bertz CT molecular complexity index is 280. The predicted molar refractivity (Wildman–Crippen MR) is 48.4 cm³/mol. The van der Waals surface area contributed by atoms with Gasteiger partial charge in [-0.05, 0) is 25.8 Å². The Morgan fingerprint density at radius 3 is 3.00 bits per heavy atom. The van der Waals surface area contributed by atoms with E-state index in [0.29, 0.717) is 18.4 Å². The standard InChI is InChI=1S/C9H15N3O/c1-6(4-5-10)9-11-8(12-13-9)7-2-3-7/h6-7H,2-5,10H2,1H3. The number of nitrogens with zero attached hydrogens (tertiary/aromatic N) is 2. The van der Waals surface area contributed by atoms with E-state index in [1.54, 1.807) is 0 Å². The second-order valence-electron chi connectivity index (χ2n) is 3.74. The van der Waals surface area contributed by atoms with Crippen LogP contribution in [0.1, 0.15) is 49.7 Å². The second-order valence-corrected chi connectivity index (χ2v) is 3.74. The summed E-state index contributed by atoms with van der Waals surface area (Å²) in [5.74, 6) is 2.50. The molecular weight excluding hydrogens is 166 g/mol. The Labute approximate surface area is 77.5 Å². The third-order valence-electron chi connectivity index (χ3n) is 2.42. The molecule has 0 amide bonds. The van der Waals surface area contributed by atoms with Crippen LogP contribution in [0.15, 0.2) is 4.52 Å². The summed E-state index contributed by atoms with van der Waals surface area (Å²) in [6.45, 7) is 2.74. The van der Waals surface area contributed by atoms with Gasteiger partial charge < -0.3 is 10.3 Å². The van der Waals surface area contributed by atoms with Crippen molar-refractivity contribution in [3.63, 3.8) is 0 Å². The fraction of sp³-hybridized carbons (Fsp3) is 0.778. The smallest absolute Gasteiger partial charge is 0.229 e. The number of rotatable bonds is 4. The fourth-order valence-electron chi connectivity index (χ4n) is 1.33. The highest BCUT2D eigenvalue weighted by atomic mass is 16.5. The van der Waals surface area contributed by atoms with Crippen molar-refractivity contribution >= 4 is 0 Å². The molecule has 1 saturated carbocycles. The zero-order valence-electron chi connectivity index (χ0n) is 7.86. The summed E-state index contributed by atoms with van der Waals surface area (Å²) in [5.41, 5.74) is 5.46. The van der Waals surface area contributed by atoms with E-state index >= 15 is 0 Å². The predicted octanol–water partition coefficient (Wildman–Crippen LogP) is 1.40. The number of hydrogen-bond donors (Lipinski definition) is 1. The summed E-state index contributed by atoms with van der Waals surface area (Å²) in [4.78, 5) is 4.36. The van der Waals surface area contributed by atoms with Crippen molar-refractivity contribution in [2.75, 3.05) is 6.54 Å². The van der Waals surface area contributed by atoms with E-state index in [-0.39, 0.29) is 0 Å². The lowest BCUT2D eigenvalue weighted by Crippen LogP contribution is -2.04. The van der Waals surface area contributed by atoms with Crippen LogP contribution in [0, 0.1) is 0 Å². The monoisotopic (exact) mass is 181 g/mol. The van der Waals surface area contributed by atoms with Gasteiger partial charge in [0.1, 0.15) is 0 Å². The summed E-state index contributed by atoms with van der Waals surface area (Å²) >= 11 is 0. The molecule has 2 N–H and O–H groups in total. The van der Waals surface area contributed by atoms with Gasteiger partial charge in [0.15, 0.2) is 5.82 Å². The minimum atomic E-state index is 0.296. The number of nitrogens with two attached hydrogens (primary N) is 1. The maximum Gasteiger partial charge on any atom is 0.229 e. The first-order chi connectivity index (χ1) is 6.31. The SMILES string of the molecule is CC(CCN)c1nc(C2CC2)no1. The van der Waals surface area contributed by atoms with Crippen molar-refractivity contribution in [3.8, 4) is 0 Å². The van der Waals surface area contributed by atoms with E-state index in [9.17, 15) is 0 Å². The molecule has 1 fully saturated rings. The molecule has 1 aliphatic carbocycles. The van der Waals surface area contributed by atoms with E-state index in [4.69, 9.17) is 10.3 Å². The average Bonchev–Trinajstić information content (AvgIpc) is 2.84. The Morgan fingerprint density at radius 2 is 2.38 bits per heavy atom. The highest BCUT2D eigenvalue weighted by Crippen LogP contribution is 2.38. The molecular formula is C9H15N3O. The molecule has 13 heavy (non-hydrogen) atoms. The molecule has 72 valence electrons. The molecule has 1 aromatic heterocycles. The summed E-state index contributed by atoms with van der Waals surface area (Å²) in [6.07, 6.45) is 3.33. The molecule has 1 atom stereocenters. The zero-order chi connectivity index (χ0) is 9.26. The molecule has 0 radical (unpaired) electrons. The molecule has 4 heteroatoms. The molecule has 1 heterocycles. The van der Waals surface area contributed by atoms with Gasteiger partial charge in [-0.1, -0.05) is 12.1 Å². The first kappa shape index (κ1) is 8.69. The third kappa shape index (κ3) is 1.88. The van der Waals surface area contributed by atoms with Gasteiger partial charge in [-0.25, -0.2) is 0 Å². The van der Waals surface area contributed by atoms with E-state index in [0.717, 1.165) is 18.1 Å². The van der Waals surface area contributed by atoms with Gasteiger partial charge in [0.05, 0.1) is 0 Å². The summed E-state index contributed by atoms with van der Waals surface area (Å²) < 4.78 is 5.16. The molecule has 0 aromatic carbocycles. The fourth-order valence-corrected chi connectivity index (χ4v) is 1.33. The van der Waals surface area contributed by atoms with Crippen molar-refractivity contribution < 1.29 is 4.52 Å². The van der Waals surface area contributed by atoms with Crippen molar-refractivity contribution in [3.05, 3.63) is 11.7 Å². The van der Waals surface area contributed by atoms with E-state index in [1.807, 2.05) is 0 Å². The topological polar surface area (TPSA) is 64.9 Å². The first-order valence-corrected chi connectivity index (χ1v) is 4.85. The Hall–Kier alpha value is -0.900. The van der Waals surface area contributed by atoms with Crippen molar-refractivity contribution in [1.82, 2.24) is 10.1 Å². The maximum atomic E-state index is 5.46. The molecule has 0 spiro atoms. The van der Waals surface area contributed by atoms with Crippen LogP contribution in [-0.4, -0.2) is 16.7 Å². The van der Waals surface area contributed by atoms with Crippen LogP contribution in [0.5, 0.6) is 0 Å². The van der Waals surface area contributed by atoms with Crippen LogP contribution in [0.3, 0.4) is 0 Å². The van der Waals surface area contributed by atoms with Gasteiger partial charge in [-0.15, -0.1) is 0 Å². The van der Waals surface area contributed by atoms with Gasteiger partial charge in [-0.3, -0.25) is 0 Å². The van der Waals surface area contributed by atoms with Gasteiger partial charge in [-0.2, -0.15) is 4.98 Å². The average molecular weight is 181 g/mol. The Morgan fingerprint density at radius 1 is 1.62 bits per heavy atom. The lowest BCUT2D eigenvalue weighted by molar-refractivity contribution is 0.351. The molecule has 0 saturated heterocycles. The molecule has 2 rings (SSSR count). The molecule has 1 unspecified atom stereocenters. The van der Waals surface area contributed by atoms with Crippen LogP contribution in [0.2, 0.25) is 0 Å². The highest BCUT2D eigenvalue weighted by molar-refractivity contribution is 5.04. The summed E-state index contributed by atoms with van der Waals surface area (Å²) in [5, 5.41) is 3.95. The van der Waals surface area contributed by atoms with Crippen molar-refractivity contribution in [1.29, 1.82) is 0 Å². The minimum absolute atomic E-state index is 0.296. The van der Waals surface area contributed by atoms with Crippen LogP contribution in [0.25, 0.3) is 0 Å². The normalized spacial score (nSPS) is 18.9. The van der Waals surface area contributed by atoms with Gasteiger partial charge in [0.2, 0.25) is 5.89 Å². The third-order valence-corrected chi connectivity index (χ3v) is 2.42. The van der Waals surface area contributed by atoms with Gasteiger partial charge in [0, 0.05) is 11.8 Å². The van der Waals surface area contributed by atoms with Crippen LogP contribution < -0.4 is 5.73 Å². The first-order valence-electron chi connectivity index (χ1n) is 4.85. The van der Waals surface area contributed by atoms with E-state index in [2.05, 4.69) is 17.1 Å². The Balaban J connectivity index is 2.03. The summed E-state index contributed by atoms with van der Waals surface area (Å²) in [6, 6.07) is 0. The van der Waals surface area contributed by atoms with Crippen LogP contribution >= 0.6 is 0 Å².